The Morgan fingerprint density at radius 2 is 1.87 bits per heavy atom. The first kappa shape index (κ1) is 34.9. The van der Waals surface area contributed by atoms with E-state index < -0.39 is 53.1 Å². The van der Waals surface area contributed by atoms with Crippen LogP contribution in [0.3, 0.4) is 0 Å². The number of urea groups is 1. The molecule has 1 aromatic heterocycles. The zero-order valence-electron chi connectivity index (χ0n) is 25.4. The summed E-state index contributed by atoms with van der Waals surface area (Å²) in [6.45, 7) is 2.04. The van der Waals surface area contributed by atoms with Crippen molar-refractivity contribution in [2.75, 3.05) is 31.1 Å². The molecule has 3 atom stereocenters. The van der Waals surface area contributed by atoms with Crippen molar-refractivity contribution < 1.29 is 91.8 Å². The minimum atomic E-state index is -1.42. The third kappa shape index (κ3) is 7.05. The second-order valence-electron chi connectivity index (χ2n) is 9.84. The molecule has 3 aliphatic rings. The average molecular weight is 686 g/mol. The van der Waals surface area contributed by atoms with Gasteiger partial charge in [0.15, 0.2) is 0 Å². The number of carbonyl (C=O) groups excluding carboxylic acids is 5. The number of rotatable bonds is 9. The second kappa shape index (κ2) is 14.6. The van der Waals surface area contributed by atoms with Crippen molar-refractivity contribution in [2.45, 2.75) is 29.5 Å². The van der Waals surface area contributed by atoms with E-state index in [2.05, 4.69) is 26.2 Å². The van der Waals surface area contributed by atoms with Crippen LogP contribution in [0.15, 0.2) is 40.7 Å². The largest absolute Gasteiger partial charge is 1.00 e. The Bertz CT molecular complexity index is 1580. The van der Waals surface area contributed by atoms with Crippen molar-refractivity contribution in [3.05, 3.63) is 41.1 Å². The molecule has 2 aromatic rings. The predicted octanol–water partition coefficient (Wildman–Crippen LogP) is -4.00. The fraction of sp³-hybridized carbons (Fsp3) is 0.400. The van der Waals surface area contributed by atoms with Crippen LogP contribution in [0.2, 0.25) is 0 Å². The molecule has 0 bridgehead atoms. The summed E-state index contributed by atoms with van der Waals surface area (Å²) in [4.78, 5) is 80.1. The van der Waals surface area contributed by atoms with E-state index in [0.29, 0.717) is 22.2 Å². The molecule has 3 aliphatic heterocycles. The molecular formula is C25H28KN9O8S2. The number of nitrogens with one attached hydrogen (secondary N) is 2. The number of aryl methyl sites for hydroxylation is 1. The molecule has 0 aliphatic carbocycles. The molecule has 1 aromatic carbocycles. The fourth-order valence-corrected chi connectivity index (χ4v) is 7.20. The van der Waals surface area contributed by atoms with Gasteiger partial charge in [-0.2, -0.15) is 0 Å². The molecule has 2 saturated heterocycles. The van der Waals surface area contributed by atoms with E-state index in [9.17, 15) is 39.0 Å². The van der Waals surface area contributed by atoms with E-state index >= 15 is 0 Å². The maximum atomic E-state index is 13.6. The number of fused-ring (bicyclic) bond motifs is 1. The van der Waals surface area contributed by atoms with Crippen LogP contribution in [-0.2, 0) is 31.0 Å². The number of hydrogen-bond acceptors (Lipinski definition) is 12. The first-order chi connectivity index (χ1) is 21.0. The van der Waals surface area contributed by atoms with Gasteiger partial charge in [-0.05, 0) is 40.6 Å². The maximum Gasteiger partial charge on any atom is 1.00 e. The van der Waals surface area contributed by atoms with Crippen LogP contribution in [0, 0.1) is 0 Å². The number of carboxylic acid groups (broad SMARTS) is 1. The molecule has 234 valence electrons. The molecule has 6 amide bonds. The fourth-order valence-electron chi connectivity index (χ4n) is 4.86. The molecule has 1 unspecified atom stereocenters. The predicted molar refractivity (Wildman–Crippen MR) is 154 cm³/mol. The molecule has 17 nitrogen and oxygen atoms in total. The van der Waals surface area contributed by atoms with Gasteiger partial charge in [-0.15, -0.1) is 16.9 Å². The Kier molecular flexibility index (Phi) is 11.3. The maximum absolute atomic E-state index is 13.6. The number of carboxylic acids is 1. The summed E-state index contributed by atoms with van der Waals surface area (Å²) < 4.78 is 1.44. The molecular weight excluding hydrogens is 658 g/mol. The van der Waals surface area contributed by atoms with E-state index in [0.717, 1.165) is 4.90 Å². The van der Waals surface area contributed by atoms with Gasteiger partial charge < -0.3 is 27.2 Å². The topological polar surface area (TPSA) is 220 Å². The molecule has 0 spiro atoms. The summed E-state index contributed by atoms with van der Waals surface area (Å²) in [5, 5.41) is 35.6. The van der Waals surface area contributed by atoms with Crippen LogP contribution >= 0.6 is 23.5 Å². The normalized spacial score (nSPS) is 20.2. The summed E-state index contributed by atoms with van der Waals surface area (Å²) in [5.74, 6) is -4.26. The average Bonchev–Trinajstić information content (AvgIpc) is 3.42. The minimum Gasteiger partial charge on any atom is -1.00 e. The van der Waals surface area contributed by atoms with Crippen LogP contribution in [-0.4, -0.2) is 123 Å². The van der Waals surface area contributed by atoms with Crippen molar-refractivity contribution in [1.29, 1.82) is 0 Å². The van der Waals surface area contributed by atoms with Crippen LogP contribution in [0.5, 0.6) is 5.75 Å². The van der Waals surface area contributed by atoms with Gasteiger partial charge in [-0.25, -0.2) is 14.3 Å². The molecule has 0 radical (unpaired) electrons. The van der Waals surface area contributed by atoms with E-state index in [1.165, 1.54) is 57.4 Å². The zero-order valence-corrected chi connectivity index (χ0v) is 29.1. The number of hydrogen-bond donors (Lipinski definition) is 4. The third-order valence-electron chi connectivity index (χ3n) is 7.20. The van der Waals surface area contributed by atoms with Crippen molar-refractivity contribution in [1.82, 2.24) is 45.5 Å². The van der Waals surface area contributed by atoms with Gasteiger partial charge in [0, 0.05) is 38.2 Å². The molecule has 5 rings (SSSR count). The number of likely N-dealkylation sites (N-methyl/N-ethyl adjacent to an activating group) is 1. The Labute approximate surface area is 308 Å². The number of nitrogens with zero attached hydrogens (tertiary/aromatic N) is 7. The van der Waals surface area contributed by atoms with Gasteiger partial charge in [-0.1, -0.05) is 23.9 Å². The number of aromatic nitrogens is 4. The van der Waals surface area contributed by atoms with Crippen LogP contribution in [0.1, 0.15) is 20.0 Å². The Morgan fingerprint density at radius 3 is 2.49 bits per heavy atom. The molecule has 0 saturated carbocycles. The Hall–Kier alpha value is -3.01. The Balaban J connectivity index is 0.00000288. The number of phenolic OH excluding ortho intramolecular Hbond substituents is 1. The number of tetrazole rings is 1. The van der Waals surface area contributed by atoms with E-state index in [1.54, 1.807) is 14.0 Å². The summed E-state index contributed by atoms with van der Waals surface area (Å²) in [7, 11) is 1.64. The summed E-state index contributed by atoms with van der Waals surface area (Å²) >= 11 is 2.49. The van der Waals surface area contributed by atoms with Crippen LogP contribution in [0.25, 0.3) is 0 Å². The van der Waals surface area contributed by atoms with Crippen molar-refractivity contribution in [3.63, 3.8) is 0 Å². The number of amides is 6. The SMILES string of the molecule is CCN1CCN(C(=O)NC(C(=O)N[C@@H]2C(=O)N3C(C(=O)O)=C(CSc4nnnn4C)CS[C@H]23)c2ccc(O)cc2)C(=O)C1=O.[H-].[K+]. The number of carbonyl (C=O) groups is 6. The van der Waals surface area contributed by atoms with Gasteiger partial charge in [0.25, 0.3) is 5.91 Å². The summed E-state index contributed by atoms with van der Waals surface area (Å²) in [6.07, 6.45) is 0. The van der Waals surface area contributed by atoms with Gasteiger partial charge in [0.05, 0.1) is 0 Å². The smallest absolute Gasteiger partial charge is 1.00 e. The molecule has 4 N–H and O–H groups in total. The van der Waals surface area contributed by atoms with E-state index in [1.807, 2.05) is 0 Å². The third-order valence-corrected chi connectivity index (χ3v) is 9.63. The molecule has 45 heavy (non-hydrogen) atoms. The first-order valence-electron chi connectivity index (χ1n) is 13.3. The number of thioether (sulfide) groups is 2. The number of phenols is 1. The van der Waals surface area contributed by atoms with Gasteiger partial charge >= 0.3 is 75.2 Å². The molecule has 2 fully saturated rings. The zero-order chi connectivity index (χ0) is 31.7. The number of piperazine rings is 1. The van der Waals surface area contributed by atoms with Gasteiger partial charge in [-0.3, -0.25) is 29.0 Å². The minimum absolute atomic E-state index is 0. The van der Waals surface area contributed by atoms with Crippen molar-refractivity contribution in [3.8, 4) is 5.75 Å². The van der Waals surface area contributed by atoms with Crippen molar-refractivity contribution >= 4 is 59.2 Å². The number of aliphatic carboxylic acids is 1. The van der Waals surface area contributed by atoms with Crippen LogP contribution in [0.4, 0.5) is 4.79 Å². The second-order valence-corrected chi connectivity index (χ2v) is 11.9. The first-order valence-corrected chi connectivity index (χ1v) is 15.3. The number of imide groups is 1. The standard InChI is InChI=1S/C25H27N9O8S2.K.H/c1-3-32-8-9-33(21(39)20(32)38)24(42)27-15(12-4-6-14(35)7-5-12)18(36)26-16-19(37)34-17(23(40)41)13(10-43-22(16)34)11-44-25-28-29-30-31(25)2;;/h4-7,15-16,22,35H,3,8-11H2,1-2H3,(H,26,36)(H,27,42)(H,40,41);;/q;+1;-1/t15?,16-,22-;;/m1../s1. The number of benzene rings is 1. The summed E-state index contributed by atoms with van der Waals surface area (Å²) in [5.41, 5.74) is 0.536. The summed E-state index contributed by atoms with van der Waals surface area (Å²) in [6, 6.07) is 1.84. The monoisotopic (exact) mass is 685 g/mol. The molecule has 4 heterocycles. The van der Waals surface area contributed by atoms with Gasteiger partial charge in [0.2, 0.25) is 11.1 Å². The molecule has 20 heteroatoms. The number of aromatic hydroxyl groups is 1. The van der Waals surface area contributed by atoms with Crippen molar-refractivity contribution in [2.24, 2.45) is 7.05 Å². The quantitative estimate of drug-likeness (QED) is 0.0857. The van der Waals surface area contributed by atoms with Crippen LogP contribution < -0.4 is 62.0 Å². The van der Waals surface area contributed by atoms with E-state index in [4.69, 9.17) is 0 Å². The number of β-lactam (4-membered cyclic amide) rings is 1. The van der Waals surface area contributed by atoms with E-state index in [-0.39, 0.29) is 94.4 Å². The van der Waals surface area contributed by atoms with Gasteiger partial charge in [0.1, 0.15) is 28.9 Å². The Morgan fingerprint density at radius 1 is 1.16 bits per heavy atom.